The second-order valence-electron chi connectivity index (χ2n) is 7.20. The van der Waals surface area contributed by atoms with Crippen LogP contribution in [-0.2, 0) is 19.9 Å². The summed E-state index contributed by atoms with van der Waals surface area (Å²) in [6.45, 7) is 0.853. The predicted octanol–water partition coefficient (Wildman–Crippen LogP) is 3.18. The van der Waals surface area contributed by atoms with Crippen molar-refractivity contribution in [2.24, 2.45) is 0 Å². The topological polar surface area (TPSA) is 110 Å². The van der Waals surface area contributed by atoms with Crippen LogP contribution in [0, 0.1) is 0 Å². The van der Waals surface area contributed by atoms with E-state index < -0.39 is 25.8 Å². The van der Waals surface area contributed by atoms with E-state index in [1.54, 1.807) is 0 Å². The van der Waals surface area contributed by atoms with Crippen molar-refractivity contribution >= 4 is 43.1 Å². The van der Waals surface area contributed by atoms with Crippen LogP contribution in [0.15, 0.2) is 46.2 Å². The number of halogens is 1. The summed E-state index contributed by atoms with van der Waals surface area (Å²) in [6, 6.07) is 8.11. The second-order valence-corrected chi connectivity index (χ2v) is 11.5. The molecular formula is C20H23ClN2O6S2. The van der Waals surface area contributed by atoms with Crippen LogP contribution in [0.4, 0.5) is 5.69 Å². The number of anilines is 1. The van der Waals surface area contributed by atoms with Gasteiger partial charge >= 0.3 is 0 Å². The molecule has 0 aromatic heterocycles. The number of nitrogens with zero attached hydrogens (tertiary/aromatic N) is 1. The number of piperidine rings is 1. The highest BCUT2D eigenvalue weighted by Gasteiger charge is 2.29. The first-order valence-electron chi connectivity index (χ1n) is 9.53. The molecule has 8 nitrogen and oxygen atoms in total. The van der Waals surface area contributed by atoms with E-state index >= 15 is 0 Å². The van der Waals surface area contributed by atoms with Crippen LogP contribution in [0.3, 0.4) is 0 Å². The second kappa shape index (κ2) is 9.15. The van der Waals surface area contributed by atoms with Gasteiger partial charge in [0.05, 0.1) is 22.6 Å². The normalized spacial score (nSPS) is 15.5. The predicted molar refractivity (Wildman–Crippen MR) is 118 cm³/mol. The maximum atomic E-state index is 13.1. The van der Waals surface area contributed by atoms with E-state index in [0.717, 1.165) is 25.5 Å². The first-order chi connectivity index (χ1) is 14.5. The first kappa shape index (κ1) is 23.5. The van der Waals surface area contributed by atoms with Crippen molar-refractivity contribution < 1.29 is 26.4 Å². The average molecular weight is 487 g/mol. The average Bonchev–Trinajstić information content (AvgIpc) is 2.73. The quantitative estimate of drug-likeness (QED) is 0.671. The summed E-state index contributed by atoms with van der Waals surface area (Å²) >= 11 is 6.08. The Hall–Kier alpha value is -2.14. The molecule has 0 spiro atoms. The van der Waals surface area contributed by atoms with Gasteiger partial charge in [0.2, 0.25) is 10.0 Å². The van der Waals surface area contributed by atoms with Gasteiger partial charge in [0.15, 0.2) is 9.84 Å². The van der Waals surface area contributed by atoms with Gasteiger partial charge in [-0.2, -0.15) is 4.31 Å². The standard InChI is InChI=1S/C20H23ClN2O6S2/c1-29-18-9-6-14(12-19(18)31(27,28)23-10-4-3-5-11-23)22-20(24)16-13-15(30(2,25)26)7-8-17(16)21/h6-9,12-13H,3-5,10-11H2,1-2H3,(H,22,24). The fourth-order valence-electron chi connectivity index (χ4n) is 3.31. The molecule has 2 aromatic rings. The van der Waals surface area contributed by atoms with Gasteiger partial charge in [-0.15, -0.1) is 0 Å². The summed E-state index contributed by atoms with van der Waals surface area (Å²) in [7, 11) is -5.97. The number of amides is 1. The third kappa shape index (κ3) is 5.20. The van der Waals surface area contributed by atoms with E-state index in [-0.39, 0.29) is 31.8 Å². The van der Waals surface area contributed by atoms with Crippen LogP contribution in [0.25, 0.3) is 0 Å². The Morgan fingerprint density at radius 1 is 1.03 bits per heavy atom. The summed E-state index contributed by atoms with van der Waals surface area (Å²) in [4.78, 5) is 12.6. The van der Waals surface area contributed by atoms with Gasteiger partial charge in [-0.25, -0.2) is 16.8 Å². The Morgan fingerprint density at radius 3 is 2.32 bits per heavy atom. The van der Waals surface area contributed by atoms with Crippen molar-refractivity contribution in [2.45, 2.75) is 29.1 Å². The van der Waals surface area contributed by atoms with Gasteiger partial charge in [0.1, 0.15) is 10.6 Å². The minimum absolute atomic E-state index is 0.0409. The maximum absolute atomic E-state index is 13.1. The molecule has 1 saturated heterocycles. The van der Waals surface area contributed by atoms with Gasteiger partial charge in [0, 0.05) is 25.0 Å². The molecular weight excluding hydrogens is 464 g/mol. The third-order valence-electron chi connectivity index (χ3n) is 4.96. The zero-order valence-corrected chi connectivity index (χ0v) is 19.5. The number of sulfonamides is 1. The van der Waals surface area contributed by atoms with Gasteiger partial charge in [-0.05, 0) is 49.2 Å². The number of rotatable bonds is 6. The number of methoxy groups -OCH3 is 1. The lowest BCUT2D eigenvalue weighted by Crippen LogP contribution is -2.35. The van der Waals surface area contributed by atoms with Gasteiger partial charge in [0.25, 0.3) is 5.91 Å². The molecule has 31 heavy (non-hydrogen) atoms. The molecule has 0 aliphatic carbocycles. The van der Waals surface area contributed by atoms with E-state index in [1.165, 1.54) is 47.8 Å². The Morgan fingerprint density at radius 2 is 1.71 bits per heavy atom. The summed E-state index contributed by atoms with van der Waals surface area (Å²) in [6.07, 6.45) is 3.58. The highest BCUT2D eigenvalue weighted by atomic mass is 35.5. The Kier molecular flexibility index (Phi) is 6.95. The molecule has 168 valence electrons. The van der Waals surface area contributed by atoms with Crippen molar-refractivity contribution in [3.8, 4) is 5.75 Å². The number of nitrogens with one attached hydrogen (secondary N) is 1. The maximum Gasteiger partial charge on any atom is 0.257 e. The fourth-order valence-corrected chi connectivity index (χ4v) is 5.86. The van der Waals surface area contributed by atoms with Gasteiger partial charge < -0.3 is 10.1 Å². The van der Waals surface area contributed by atoms with E-state index in [0.29, 0.717) is 13.1 Å². The molecule has 1 aliphatic heterocycles. The minimum Gasteiger partial charge on any atom is -0.495 e. The highest BCUT2D eigenvalue weighted by molar-refractivity contribution is 7.90. The van der Waals surface area contributed by atoms with Crippen LogP contribution in [-0.4, -0.2) is 53.5 Å². The zero-order chi connectivity index (χ0) is 22.8. The lowest BCUT2D eigenvalue weighted by atomic mass is 10.2. The minimum atomic E-state index is -3.81. The molecule has 1 N–H and O–H groups in total. The summed E-state index contributed by atoms with van der Waals surface area (Å²) in [5, 5.41) is 2.66. The molecule has 0 atom stereocenters. The Balaban J connectivity index is 1.95. The molecule has 0 radical (unpaired) electrons. The molecule has 2 aromatic carbocycles. The Labute approximate surface area is 187 Å². The van der Waals surface area contributed by atoms with E-state index in [2.05, 4.69) is 5.32 Å². The molecule has 0 saturated carbocycles. The summed E-state index contributed by atoms with van der Waals surface area (Å²) in [5.74, 6) is -0.498. The lowest BCUT2D eigenvalue weighted by molar-refractivity contribution is 0.102. The fraction of sp³-hybridized carbons (Fsp3) is 0.350. The number of hydrogen-bond donors (Lipinski definition) is 1. The molecule has 1 amide bonds. The Bertz CT molecular complexity index is 1210. The molecule has 3 rings (SSSR count). The first-order valence-corrected chi connectivity index (χ1v) is 13.2. The number of carbonyl (C=O) groups is 1. The molecule has 1 aliphatic rings. The number of carbonyl (C=O) groups excluding carboxylic acids is 1. The summed E-state index contributed by atoms with van der Waals surface area (Å²) < 4.78 is 56.5. The van der Waals surface area contributed by atoms with Crippen molar-refractivity contribution in [1.29, 1.82) is 0 Å². The van der Waals surface area contributed by atoms with E-state index in [9.17, 15) is 21.6 Å². The van der Waals surface area contributed by atoms with Crippen LogP contribution in [0.5, 0.6) is 5.75 Å². The van der Waals surface area contributed by atoms with Crippen LogP contribution < -0.4 is 10.1 Å². The number of sulfone groups is 1. The largest absolute Gasteiger partial charge is 0.495 e. The van der Waals surface area contributed by atoms with Crippen molar-refractivity contribution in [3.05, 3.63) is 47.0 Å². The lowest BCUT2D eigenvalue weighted by Gasteiger charge is -2.26. The summed E-state index contributed by atoms with van der Waals surface area (Å²) in [5.41, 5.74) is 0.169. The SMILES string of the molecule is COc1ccc(NC(=O)c2cc(S(C)(=O)=O)ccc2Cl)cc1S(=O)(=O)N1CCCCC1. The van der Waals surface area contributed by atoms with Crippen molar-refractivity contribution in [2.75, 3.05) is 31.8 Å². The van der Waals surface area contributed by atoms with Crippen molar-refractivity contribution in [1.82, 2.24) is 4.31 Å². The highest BCUT2D eigenvalue weighted by Crippen LogP contribution is 2.31. The van der Waals surface area contributed by atoms with Crippen molar-refractivity contribution in [3.63, 3.8) is 0 Å². The van der Waals surface area contributed by atoms with Crippen LogP contribution >= 0.6 is 11.6 Å². The zero-order valence-electron chi connectivity index (χ0n) is 17.1. The van der Waals surface area contributed by atoms with Crippen LogP contribution in [0.2, 0.25) is 5.02 Å². The van der Waals surface area contributed by atoms with Crippen LogP contribution in [0.1, 0.15) is 29.6 Å². The molecule has 11 heteroatoms. The van der Waals surface area contributed by atoms with Gasteiger partial charge in [-0.3, -0.25) is 4.79 Å². The monoisotopic (exact) mass is 486 g/mol. The number of hydrogen-bond acceptors (Lipinski definition) is 6. The molecule has 0 unspecified atom stereocenters. The van der Waals surface area contributed by atoms with E-state index in [1.807, 2.05) is 0 Å². The molecule has 0 bridgehead atoms. The third-order valence-corrected chi connectivity index (χ3v) is 8.32. The van der Waals surface area contributed by atoms with Gasteiger partial charge in [-0.1, -0.05) is 18.0 Å². The number of benzene rings is 2. The smallest absolute Gasteiger partial charge is 0.257 e. The number of ether oxygens (including phenoxy) is 1. The molecule has 1 heterocycles. The van der Waals surface area contributed by atoms with E-state index in [4.69, 9.17) is 16.3 Å². The molecule has 1 fully saturated rings.